The Labute approximate surface area is 111 Å². The molecule has 0 bridgehead atoms. The fourth-order valence-electron chi connectivity index (χ4n) is 1.16. The highest BCUT2D eigenvalue weighted by Gasteiger charge is 2.24. The first-order chi connectivity index (χ1) is 7.25. The molecule has 0 amide bonds. The van der Waals surface area contributed by atoms with E-state index in [1.54, 1.807) is 0 Å². The van der Waals surface area contributed by atoms with E-state index in [1.165, 1.54) is 19.3 Å². The monoisotopic (exact) mass is 262 g/mol. The zero-order valence-corrected chi connectivity index (χ0v) is 13.8. The van der Waals surface area contributed by atoms with Crippen molar-refractivity contribution in [3.05, 3.63) is 0 Å². The third kappa shape index (κ3) is 7.89. The van der Waals surface area contributed by atoms with Crippen LogP contribution >= 0.6 is 21.6 Å². The molecule has 0 rings (SSSR count). The van der Waals surface area contributed by atoms with Gasteiger partial charge in [0, 0.05) is 10.00 Å². The highest BCUT2D eigenvalue weighted by Crippen LogP contribution is 2.43. The van der Waals surface area contributed by atoms with Crippen LogP contribution in [0.5, 0.6) is 0 Å². The van der Waals surface area contributed by atoms with Gasteiger partial charge < -0.3 is 0 Å². The van der Waals surface area contributed by atoms with Crippen LogP contribution in [0.4, 0.5) is 0 Å². The first-order valence-corrected chi connectivity index (χ1v) is 8.81. The number of rotatable bonds is 8. The molecule has 0 aromatic carbocycles. The van der Waals surface area contributed by atoms with E-state index in [1.807, 2.05) is 0 Å². The van der Waals surface area contributed by atoms with Crippen LogP contribution in [-0.2, 0) is 0 Å². The summed E-state index contributed by atoms with van der Waals surface area (Å²) in [4.78, 5) is 0. The van der Waals surface area contributed by atoms with Crippen molar-refractivity contribution in [1.82, 2.24) is 0 Å². The van der Waals surface area contributed by atoms with Gasteiger partial charge in [0.2, 0.25) is 0 Å². The van der Waals surface area contributed by atoms with E-state index in [0.29, 0.717) is 4.75 Å². The van der Waals surface area contributed by atoms with E-state index in [-0.39, 0.29) is 0 Å². The topological polar surface area (TPSA) is 0 Å². The summed E-state index contributed by atoms with van der Waals surface area (Å²) in [6.45, 7) is 16.3. The van der Waals surface area contributed by atoms with Crippen LogP contribution in [0.15, 0.2) is 0 Å². The third-order valence-electron chi connectivity index (χ3n) is 3.21. The summed E-state index contributed by atoms with van der Waals surface area (Å²) in [5.41, 5.74) is 0. The molecule has 0 fully saturated rings. The molecule has 16 heavy (non-hydrogen) atoms. The molecule has 0 heterocycles. The maximum atomic E-state index is 2.37. The Hall–Kier alpha value is 0.700. The second-order valence-corrected chi connectivity index (χ2v) is 9.37. The average molecular weight is 263 g/mol. The normalized spacial score (nSPS) is 14.8. The van der Waals surface area contributed by atoms with Crippen molar-refractivity contribution in [2.75, 3.05) is 0 Å². The van der Waals surface area contributed by atoms with Gasteiger partial charge in [0.15, 0.2) is 0 Å². The Morgan fingerprint density at radius 3 is 1.94 bits per heavy atom. The molecular weight excluding hydrogens is 232 g/mol. The third-order valence-corrected chi connectivity index (χ3v) is 7.33. The molecule has 0 saturated heterocycles. The van der Waals surface area contributed by atoms with Crippen LogP contribution in [0.25, 0.3) is 0 Å². The van der Waals surface area contributed by atoms with Gasteiger partial charge in [-0.25, -0.2) is 0 Å². The highest BCUT2D eigenvalue weighted by molar-refractivity contribution is 8.77. The van der Waals surface area contributed by atoms with Crippen molar-refractivity contribution >= 4 is 21.6 Å². The molecule has 0 aromatic rings. The lowest BCUT2D eigenvalue weighted by atomic mass is 10.00. The zero-order valence-electron chi connectivity index (χ0n) is 12.2. The lowest BCUT2D eigenvalue weighted by Gasteiger charge is -2.29. The molecule has 0 aromatic heterocycles. The maximum Gasteiger partial charge on any atom is 0.0230 e. The Kier molecular flexibility index (Phi) is 8.26. The van der Waals surface area contributed by atoms with E-state index >= 15 is 0 Å². The Morgan fingerprint density at radius 1 is 0.938 bits per heavy atom. The summed E-state index contributed by atoms with van der Waals surface area (Å²) < 4.78 is 0.400. The summed E-state index contributed by atoms with van der Waals surface area (Å²) in [6, 6.07) is 0. The molecule has 1 unspecified atom stereocenters. The SMILES string of the molecule is CC(C)CCCC(C)SSC(C)(C)C(C)C. The van der Waals surface area contributed by atoms with Gasteiger partial charge in [0.25, 0.3) is 0 Å². The quantitative estimate of drug-likeness (QED) is 0.491. The minimum absolute atomic E-state index is 0.400. The molecule has 0 radical (unpaired) electrons. The summed E-state index contributed by atoms with van der Waals surface area (Å²) >= 11 is 0. The van der Waals surface area contributed by atoms with Crippen LogP contribution in [0.3, 0.4) is 0 Å². The van der Waals surface area contributed by atoms with Gasteiger partial charge in [-0.15, -0.1) is 0 Å². The van der Waals surface area contributed by atoms with Crippen LogP contribution < -0.4 is 0 Å². The highest BCUT2D eigenvalue weighted by atomic mass is 33.1. The molecule has 0 spiro atoms. The summed E-state index contributed by atoms with van der Waals surface area (Å²) in [7, 11) is 4.15. The fourth-order valence-corrected chi connectivity index (χ4v) is 4.13. The Morgan fingerprint density at radius 2 is 1.50 bits per heavy atom. The smallest absolute Gasteiger partial charge is 0.0230 e. The molecule has 2 heteroatoms. The van der Waals surface area contributed by atoms with E-state index in [4.69, 9.17) is 0 Å². The molecule has 0 aliphatic heterocycles. The molecule has 1 atom stereocenters. The van der Waals surface area contributed by atoms with Crippen molar-refractivity contribution < 1.29 is 0 Å². The summed E-state index contributed by atoms with van der Waals surface area (Å²) in [6.07, 6.45) is 4.13. The molecule has 0 N–H and O–H groups in total. The molecular formula is C14H30S2. The van der Waals surface area contributed by atoms with Gasteiger partial charge in [-0.05, 0) is 32.1 Å². The summed E-state index contributed by atoms with van der Waals surface area (Å²) in [5, 5.41) is 0.793. The Balaban J connectivity index is 3.68. The van der Waals surface area contributed by atoms with Gasteiger partial charge >= 0.3 is 0 Å². The molecule has 0 aliphatic carbocycles. The van der Waals surface area contributed by atoms with E-state index in [2.05, 4.69) is 70.1 Å². The van der Waals surface area contributed by atoms with E-state index < -0.39 is 0 Å². The second kappa shape index (κ2) is 7.92. The lowest BCUT2D eigenvalue weighted by Crippen LogP contribution is -2.21. The van der Waals surface area contributed by atoms with Crippen molar-refractivity contribution in [2.45, 2.75) is 77.7 Å². The van der Waals surface area contributed by atoms with Gasteiger partial charge in [0.1, 0.15) is 0 Å². The zero-order chi connectivity index (χ0) is 12.8. The largest absolute Gasteiger partial charge is 0.0905 e. The van der Waals surface area contributed by atoms with Gasteiger partial charge in [-0.2, -0.15) is 0 Å². The van der Waals surface area contributed by atoms with Crippen LogP contribution in [-0.4, -0.2) is 10.00 Å². The standard InChI is InChI=1S/C14H30S2/c1-11(2)9-8-10-13(5)15-16-14(6,7)12(3)4/h11-13H,8-10H2,1-7H3. The van der Waals surface area contributed by atoms with E-state index in [0.717, 1.165) is 17.1 Å². The van der Waals surface area contributed by atoms with Crippen LogP contribution in [0, 0.1) is 11.8 Å². The van der Waals surface area contributed by atoms with Crippen LogP contribution in [0.1, 0.15) is 67.7 Å². The lowest BCUT2D eigenvalue weighted by molar-refractivity contribution is 0.506. The van der Waals surface area contributed by atoms with Crippen molar-refractivity contribution in [3.8, 4) is 0 Å². The van der Waals surface area contributed by atoms with Crippen molar-refractivity contribution in [3.63, 3.8) is 0 Å². The van der Waals surface area contributed by atoms with Gasteiger partial charge in [-0.1, -0.05) is 69.0 Å². The summed E-state index contributed by atoms with van der Waals surface area (Å²) in [5.74, 6) is 1.60. The minimum atomic E-state index is 0.400. The number of hydrogen-bond acceptors (Lipinski definition) is 2. The molecule has 0 aliphatic rings. The fraction of sp³-hybridized carbons (Fsp3) is 1.00. The van der Waals surface area contributed by atoms with Crippen LogP contribution in [0.2, 0.25) is 0 Å². The minimum Gasteiger partial charge on any atom is -0.0905 e. The molecule has 0 saturated carbocycles. The molecule has 0 nitrogen and oxygen atoms in total. The first-order valence-electron chi connectivity index (χ1n) is 6.60. The van der Waals surface area contributed by atoms with Gasteiger partial charge in [0.05, 0.1) is 0 Å². The Bertz CT molecular complexity index is 174. The van der Waals surface area contributed by atoms with E-state index in [9.17, 15) is 0 Å². The molecule has 98 valence electrons. The predicted molar refractivity (Wildman–Crippen MR) is 82.3 cm³/mol. The second-order valence-electron chi connectivity index (χ2n) is 6.07. The predicted octanol–water partition coefficient (Wildman–Crippen LogP) is 6.02. The van der Waals surface area contributed by atoms with Crippen molar-refractivity contribution in [1.29, 1.82) is 0 Å². The van der Waals surface area contributed by atoms with Crippen molar-refractivity contribution in [2.24, 2.45) is 11.8 Å². The maximum absolute atomic E-state index is 2.37. The van der Waals surface area contributed by atoms with Gasteiger partial charge in [-0.3, -0.25) is 0 Å². The number of hydrogen-bond donors (Lipinski definition) is 0. The first kappa shape index (κ1) is 16.7. The average Bonchev–Trinajstić information content (AvgIpc) is 2.14.